The van der Waals surface area contributed by atoms with E-state index in [-0.39, 0.29) is 10.8 Å². The number of thiazole rings is 1. The molecular formula is C23H32N4O4S2. The van der Waals surface area contributed by atoms with Crippen LogP contribution in [-0.4, -0.2) is 79.8 Å². The van der Waals surface area contributed by atoms with Crippen LogP contribution in [0, 0.1) is 6.92 Å². The van der Waals surface area contributed by atoms with Gasteiger partial charge in [-0.25, -0.2) is 13.4 Å². The summed E-state index contributed by atoms with van der Waals surface area (Å²) < 4.78 is 33.5. The van der Waals surface area contributed by atoms with Crippen molar-refractivity contribution in [2.24, 2.45) is 0 Å². The van der Waals surface area contributed by atoms with E-state index >= 15 is 0 Å². The van der Waals surface area contributed by atoms with Crippen molar-refractivity contribution in [3.63, 3.8) is 0 Å². The second-order valence-corrected chi connectivity index (χ2v) is 11.6. The minimum Gasteiger partial charge on any atom is -0.496 e. The zero-order chi connectivity index (χ0) is 23.4. The summed E-state index contributed by atoms with van der Waals surface area (Å²) in [5.41, 5.74) is 1.36. The van der Waals surface area contributed by atoms with Crippen LogP contribution in [0.25, 0.3) is 0 Å². The molecule has 2 aliphatic heterocycles. The molecule has 0 bridgehead atoms. The first-order valence-electron chi connectivity index (χ1n) is 11.5. The number of hydrogen-bond acceptors (Lipinski definition) is 7. The molecule has 33 heavy (non-hydrogen) atoms. The first-order chi connectivity index (χ1) is 15.9. The van der Waals surface area contributed by atoms with Gasteiger partial charge >= 0.3 is 0 Å². The molecule has 2 fully saturated rings. The van der Waals surface area contributed by atoms with E-state index in [2.05, 4.69) is 15.3 Å². The predicted octanol–water partition coefficient (Wildman–Crippen LogP) is 2.98. The van der Waals surface area contributed by atoms with E-state index in [0.717, 1.165) is 56.0 Å². The molecule has 3 heterocycles. The third kappa shape index (κ3) is 5.56. The number of nitrogens with zero attached hydrogens (tertiary/aromatic N) is 4. The molecule has 1 aromatic carbocycles. The summed E-state index contributed by atoms with van der Waals surface area (Å²) >= 11 is 1.65. The van der Waals surface area contributed by atoms with E-state index in [1.165, 1.54) is 13.2 Å². The number of benzene rings is 1. The van der Waals surface area contributed by atoms with Crippen molar-refractivity contribution < 1.29 is 17.9 Å². The Hall–Kier alpha value is -2.01. The van der Waals surface area contributed by atoms with Crippen molar-refractivity contribution in [2.75, 3.05) is 46.4 Å². The van der Waals surface area contributed by atoms with Crippen molar-refractivity contribution >= 4 is 27.3 Å². The van der Waals surface area contributed by atoms with E-state index in [4.69, 9.17) is 4.74 Å². The van der Waals surface area contributed by atoms with Gasteiger partial charge in [-0.05, 0) is 38.0 Å². The smallest absolute Gasteiger partial charge is 0.257 e. The van der Waals surface area contributed by atoms with Gasteiger partial charge in [0.2, 0.25) is 10.0 Å². The maximum atomic E-state index is 13.4. The molecule has 0 N–H and O–H groups in total. The number of aryl methyl sites for hydroxylation is 1. The van der Waals surface area contributed by atoms with Crippen molar-refractivity contribution in [1.29, 1.82) is 0 Å². The second kappa shape index (κ2) is 10.5. The van der Waals surface area contributed by atoms with Gasteiger partial charge in [0.15, 0.2) is 0 Å². The number of hydrogen-bond donors (Lipinski definition) is 0. The van der Waals surface area contributed by atoms with Crippen LogP contribution in [0.2, 0.25) is 0 Å². The van der Waals surface area contributed by atoms with Crippen LogP contribution in [0.5, 0.6) is 5.75 Å². The first-order valence-corrected chi connectivity index (χ1v) is 13.8. The third-order valence-electron chi connectivity index (χ3n) is 6.32. The average Bonchev–Trinajstić information content (AvgIpc) is 3.05. The summed E-state index contributed by atoms with van der Waals surface area (Å²) in [4.78, 5) is 22.1. The molecule has 0 atom stereocenters. The van der Waals surface area contributed by atoms with Gasteiger partial charge in [-0.15, -0.1) is 11.3 Å². The number of methoxy groups -OCH3 is 1. The zero-order valence-corrected chi connectivity index (χ0v) is 21.0. The predicted molar refractivity (Wildman–Crippen MR) is 128 cm³/mol. The number of ether oxygens (including phenoxy) is 1. The molecule has 0 unspecified atom stereocenters. The Morgan fingerprint density at radius 2 is 1.76 bits per heavy atom. The molecule has 8 nitrogen and oxygen atoms in total. The minimum atomic E-state index is -3.65. The van der Waals surface area contributed by atoms with Crippen molar-refractivity contribution in [1.82, 2.24) is 19.1 Å². The maximum Gasteiger partial charge on any atom is 0.257 e. The molecule has 180 valence electrons. The number of carbonyl (C=O) groups is 1. The van der Waals surface area contributed by atoms with Gasteiger partial charge in [0, 0.05) is 51.2 Å². The summed E-state index contributed by atoms with van der Waals surface area (Å²) in [5, 5.41) is 3.13. The maximum absolute atomic E-state index is 13.4. The van der Waals surface area contributed by atoms with E-state index in [9.17, 15) is 13.2 Å². The number of aromatic nitrogens is 1. The van der Waals surface area contributed by atoms with Gasteiger partial charge < -0.3 is 9.64 Å². The average molecular weight is 493 g/mol. The Morgan fingerprint density at radius 3 is 2.36 bits per heavy atom. The Labute approximate surface area is 200 Å². The van der Waals surface area contributed by atoms with Gasteiger partial charge in [-0.3, -0.25) is 9.69 Å². The van der Waals surface area contributed by atoms with Crippen LogP contribution < -0.4 is 4.74 Å². The molecule has 2 aliphatic rings. The van der Waals surface area contributed by atoms with Gasteiger partial charge in [-0.2, -0.15) is 4.31 Å². The molecule has 0 radical (unpaired) electrons. The van der Waals surface area contributed by atoms with Gasteiger partial charge in [0.1, 0.15) is 5.75 Å². The highest BCUT2D eigenvalue weighted by Crippen LogP contribution is 2.27. The van der Waals surface area contributed by atoms with Crippen LogP contribution in [-0.2, 0) is 16.6 Å². The summed E-state index contributed by atoms with van der Waals surface area (Å²) in [6.07, 6.45) is 3.83. The van der Waals surface area contributed by atoms with Crippen molar-refractivity contribution in [3.8, 4) is 5.75 Å². The Bertz CT molecular complexity index is 1070. The fraction of sp³-hybridized carbons (Fsp3) is 0.565. The molecule has 2 aromatic rings. The van der Waals surface area contributed by atoms with E-state index in [1.54, 1.807) is 32.7 Å². The number of sulfonamides is 1. The number of carbonyl (C=O) groups excluding carboxylic acids is 1. The number of amides is 1. The van der Waals surface area contributed by atoms with Gasteiger partial charge in [0.05, 0.1) is 28.3 Å². The highest BCUT2D eigenvalue weighted by atomic mass is 32.2. The highest BCUT2D eigenvalue weighted by Gasteiger charge is 2.29. The zero-order valence-electron chi connectivity index (χ0n) is 19.3. The molecule has 1 amide bonds. The summed E-state index contributed by atoms with van der Waals surface area (Å²) in [6, 6.07) is 4.63. The molecule has 0 aliphatic carbocycles. The lowest BCUT2D eigenvalue weighted by Gasteiger charge is -2.34. The molecule has 10 heteroatoms. The fourth-order valence-corrected chi connectivity index (χ4v) is 6.58. The van der Waals surface area contributed by atoms with Gasteiger partial charge in [0.25, 0.3) is 5.91 Å². The van der Waals surface area contributed by atoms with Crippen molar-refractivity contribution in [2.45, 2.75) is 44.0 Å². The summed E-state index contributed by atoms with van der Waals surface area (Å²) in [5.74, 6) is 0.208. The minimum absolute atomic E-state index is 0.158. The number of piperazine rings is 1. The molecule has 4 rings (SSSR count). The molecule has 0 saturated carbocycles. The van der Waals surface area contributed by atoms with E-state index < -0.39 is 10.0 Å². The second-order valence-electron chi connectivity index (χ2n) is 8.61. The summed E-state index contributed by atoms with van der Waals surface area (Å²) in [6.45, 7) is 6.48. The topological polar surface area (TPSA) is 83.0 Å². The quantitative estimate of drug-likeness (QED) is 0.617. The molecule has 0 spiro atoms. The lowest BCUT2D eigenvalue weighted by atomic mass is 10.1. The highest BCUT2D eigenvalue weighted by molar-refractivity contribution is 7.89. The normalized spacial score (nSPS) is 18.8. The van der Waals surface area contributed by atoms with E-state index in [1.807, 2.05) is 6.92 Å². The Morgan fingerprint density at radius 1 is 1.06 bits per heavy atom. The standard InChI is InChI=1S/C23H32N4O4S2/c1-18-24-19(17-32-18)16-25-11-13-26(14-12-25)23(28)21-15-20(7-8-22(21)31-2)33(29,30)27-9-5-3-4-6-10-27/h7-8,15,17H,3-6,9-14,16H2,1-2H3. The summed E-state index contributed by atoms with van der Waals surface area (Å²) in [7, 11) is -2.14. The van der Waals surface area contributed by atoms with Crippen LogP contribution in [0.4, 0.5) is 0 Å². The monoisotopic (exact) mass is 492 g/mol. The van der Waals surface area contributed by atoms with Crippen molar-refractivity contribution in [3.05, 3.63) is 39.8 Å². The molecular weight excluding hydrogens is 460 g/mol. The third-order valence-corrected chi connectivity index (χ3v) is 9.03. The largest absolute Gasteiger partial charge is 0.496 e. The van der Waals surface area contributed by atoms with Gasteiger partial charge in [-0.1, -0.05) is 12.8 Å². The number of rotatable bonds is 6. The first kappa shape index (κ1) is 24.1. The lowest BCUT2D eigenvalue weighted by molar-refractivity contribution is 0.0624. The molecule has 2 saturated heterocycles. The van der Waals surface area contributed by atoms with E-state index in [0.29, 0.717) is 37.5 Å². The lowest BCUT2D eigenvalue weighted by Crippen LogP contribution is -2.48. The molecule has 1 aromatic heterocycles. The fourth-order valence-electron chi connectivity index (χ4n) is 4.44. The Kier molecular flexibility index (Phi) is 7.68. The van der Waals surface area contributed by atoms with Crippen LogP contribution in [0.15, 0.2) is 28.5 Å². The Balaban J connectivity index is 1.48. The van der Waals surface area contributed by atoms with Crippen LogP contribution in [0.1, 0.15) is 46.7 Å². The van der Waals surface area contributed by atoms with Crippen LogP contribution in [0.3, 0.4) is 0 Å². The SMILES string of the molecule is COc1ccc(S(=O)(=O)N2CCCCCC2)cc1C(=O)N1CCN(Cc2csc(C)n2)CC1. The van der Waals surface area contributed by atoms with Crippen LogP contribution >= 0.6 is 11.3 Å².